The molecule has 0 radical (unpaired) electrons. The van der Waals surface area contributed by atoms with Crippen molar-refractivity contribution in [3.63, 3.8) is 0 Å². The fraction of sp³-hybridized carbons (Fsp3) is 0.250. The molecule has 2 aromatic carbocycles. The van der Waals surface area contributed by atoms with Crippen LogP contribution in [0.4, 0.5) is 5.69 Å². The number of amides is 1. The van der Waals surface area contributed by atoms with Gasteiger partial charge in [-0.15, -0.1) is 10.2 Å². The number of rotatable bonds is 6. The van der Waals surface area contributed by atoms with Crippen LogP contribution in [-0.2, 0) is 4.79 Å². The van der Waals surface area contributed by atoms with Gasteiger partial charge < -0.3 is 14.5 Å². The monoisotopic (exact) mass is 383 g/mol. The average molecular weight is 383 g/mol. The van der Waals surface area contributed by atoms with Gasteiger partial charge in [-0.2, -0.15) is 0 Å². The summed E-state index contributed by atoms with van der Waals surface area (Å²) >= 11 is 1.22. The topological polar surface area (TPSA) is 77.2 Å². The zero-order chi connectivity index (χ0) is 19.4. The number of carbonyl (C=O) groups excluding carboxylic acids is 1. The molecule has 1 amide bonds. The van der Waals surface area contributed by atoms with Gasteiger partial charge in [0.15, 0.2) is 0 Å². The van der Waals surface area contributed by atoms with E-state index in [1.54, 1.807) is 14.0 Å². The van der Waals surface area contributed by atoms with Gasteiger partial charge in [-0.25, -0.2) is 0 Å². The van der Waals surface area contributed by atoms with E-state index >= 15 is 0 Å². The van der Waals surface area contributed by atoms with Crippen LogP contribution in [0.2, 0.25) is 0 Å². The first-order valence-corrected chi connectivity index (χ1v) is 9.37. The summed E-state index contributed by atoms with van der Waals surface area (Å²) in [5.74, 6) is 0.897. The van der Waals surface area contributed by atoms with Crippen molar-refractivity contribution in [2.24, 2.45) is 0 Å². The third-order valence-electron chi connectivity index (χ3n) is 4.04. The molecule has 0 saturated carbocycles. The number of nitrogens with zero attached hydrogens (tertiary/aromatic N) is 2. The SMILES string of the molecule is COc1ccc(C)cc1NC(=O)C(C)Sc1nnc(-c2ccccc2C)o1. The van der Waals surface area contributed by atoms with Crippen molar-refractivity contribution in [2.45, 2.75) is 31.2 Å². The van der Waals surface area contributed by atoms with Crippen LogP contribution in [0.15, 0.2) is 52.1 Å². The molecule has 0 saturated heterocycles. The largest absolute Gasteiger partial charge is 0.495 e. The Balaban J connectivity index is 1.69. The molecule has 3 aromatic rings. The highest BCUT2D eigenvalue weighted by Gasteiger charge is 2.20. The molecule has 27 heavy (non-hydrogen) atoms. The molecule has 1 atom stereocenters. The van der Waals surface area contributed by atoms with Crippen molar-refractivity contribution in [1.82, 2.24) is 10.2 Å². The van der Waals surface area contributed by atoms with Crippen LogP contribution in [0, 0.1) is 13.8 Å². The molecule has 0 aliphatic carbocycles. The van der Waals surface area contributed by atoms with Gasteiger partial charge in [0.25, 0.3) is 5.22 Å². The second-order valence-electron chi connectivity index (χ2n) is 6.14. The van der Waals surface area contributed by atoms with Crippen LogP contribution in [0.25, 0.3) is 11.5 Å². The third-order valence-corrected chi connectivity index (χ3v) is 4.98. The quantitative estimate of drug-likeness (QED) is 0.632. The molecule has 1 unspecified atom stereocenters. The summed E-state index contributed by atoms with van der Waals surface area (Å²) in [5.41, 5.74) is 3.61. The van der Waals surface area contributed by atoms with Crippen molar-refractivity contribution < 1.29 is 13.9 Å². The van der Waals surface area contributed by atoms with Gasteiger partial charge in [0.05, 0.1) is 18.0 Å². The molecule has 6 nitrogen and oxygen atoms in total. The molecular formula is C20H21N3O3S. The van der Waals surface area contributed by atoms with E-state index in [-0.39, 0.29) is 5.91 Å². The normalized spacial score (nSPS) is 11.9. The van der Waals surface area contributed by atoms with Crippen molar-refractivity contribution in [2.75, 3.05) is 12.4 Å². The van der Waals surface area contributed by atoms with Crippen molar-refractivity contribution in [3.05, 3.63) is 53.6 Å². The number of carbonyl (C=O) groups is 1. The minimum Gasteiger partial charge on any atom is -0.495 e. The van der Waals surface area contributed by atoms with Crippen LogP contribution in [0.3, 0.4) is 0 Å². The number of benzene rings is 2. The Morgan fingerprint density at radius 3 is 2.70 bits per heavy atom. The molecular weight excluding hydrogens is 362 g/mol. The Kier molecular flexibility index (Phi) is 5.81. The highest BCUT2D eigenvalue weighted by molar-refractivity contribution is 8.00. The first-order valence-electron chi connectivity index (χ1n) is 8.49. The summed E-state index contributed by atoms with van der Waals surface area (Å²) in [6, 6.07) is 13.4. The van der Waals surface area contributed by atoms with Gasteiger partial charge in [-0.1, -0.05) is 36.0 Å². The molecule has 0 aliphatic heterocycles. The fourth-order valence-corrected chi connectivity index (χ4v) is 3.22. The minimum atomic E-state index is -0.416. The number of anilines is 1. The number of aryl methyl sites for hydroxylation is 2. The Morgan fingerprint density at radius 1 is 1.19 bits per heavy atom. The molecule has 3 rings (SSSR count). The van der Waals surface area contributed by atoms with Gasteiger partial charge in [-0.3, -0.25) is 4.79 Å². The van der Waals surface area contributed by atoms with Gasteiger partial charge >= 0.3 is 0 Å². The van der Waals surface area contributed by atoms with Crippen LogP contribution >= 0.6 is 11.8 Å². The van der Waals surface area contributed by atoms with Crippen molar-refractivity contribution in [3.8, 4) is 17.2 Å². The molecule has 1 aromatic heterocycles. The van der Waals surface area contributed by atoms with E-state index in [0.717, 1.165) is 16.7 Å². The van der Waals surface area contributed by atoms with Gasteiger partial charge in [0.1, 0.15) is 5.75 Å². The smallest absolute Gasteiger partial charge is 0.277 e. The predicted octanol–water partition coefficient (Wildman–Crippen LogP) is 4.48. The summed E-state index contributed by atoms with van der Waals surface area (Å²) in [5, 5.41) is 11.0. The van der Waals surface area contributed by atoms with Gasteiger partial charge in [0, 0.05) is 5.56 Å². The number of methoxy groups -OCH3 is 1. The Hall–Kier alpha value is -2.80. The zero-order valence-electron chi connectivity index (χ0n) is 15.6. The van der Waals surface area contributed by atoms with E-state index in [9.17, 15) is 4.79 Å². The summed E-state index contributed by atoms with van der Waals surface area (Å²) in [7, 11) is 1.57. The summed E-state index contributed by atoms with van der Waals surface area (Å²) in [4.78, 5) is 12.5. The second-order valence-corrected chi connectivity index (χ2v) is 7.43. The number of hydrogen-bond acceptors (Lipinski definition) is 6. The van der Waals surface area contributed by atoms with E-state index in [2.05, 4.69) is 15.5 Å². The minimum absolute atomic E-state index is 0.167. The number of aromatic nitrogens is 2. The summed E-state index contributed by atoms with van der Waals surface area (Å²) in [6.07, 6.45) is 0. The molecule has 0 aliphatic rings. The maximum atomic E-state index is 12.5. The third kappa shape index (κ3) is 4.49. The van der Waals surface area contributed by atoms with E-state index in [0.29, 0.717) is 22.6 Å². The number of hydrogen-bond donors (Lipinski definition) is 1. The molecule has 0 spiro atoms. The van der Waals surface area contributed by atoms with Crippen LogP contribution < -0.4 is 10.1 Å². The molecule has 140 valence electrons. The Morgan fingerprint density at radius 2 is 1.96 bits per heavy atom. The molecule has 7 heteroatoms. The lowest BCUT2D eigenvalue weighted by Gasteiger charge is -2.13. The van der Waals surface area contributed by atoms with Crippen molar-refractivity contribution >= 4 is 23.4 Å². The van der Waals surface area contributed by atoms with E-state index in [4.69, 9.17) is 9.15 Å². The first kappa shape index (κ1) is 19.0. The van der Waals surface area contributed by atoms with E-state index < -0.39 is 5.25 Å². The second kappa shape index (κ2) is 8.26. The average Bonchev–Trinajstić information content (AvgIpc) is 3.10. The predicted molar refractivity (Wildman–Crippen MR) is 106 cm³/mol. The summed E-state index contributed by atoms with van der Waals surface area (Å²) < 4.78 is 11.0. The van der Waals surface area contributed by atoms with Gasteiger partial charge in [-0.05, 0) is 50.1 Å². The number of thioether (sulfide) groups is 1. The lowest BCUT2D eigenvalue weighted by molar-refractivity contribution is -0.115. The standard InChI is InChI=1S/C20H21N3O3S/c1-12-9-10-17(25-4)16(11-12)21-18(24)14(3)27-20-23-22-19(26-20)15-8-6-5-7-13(15)2/h5-11,14H,1-4H3,(H,21,24). The Labute approximate surface area is 162 Å². The zero-order valence-corrected chi connectivity index (χ0v) is 16.5. The van der Waals surface area contributed by atoms with Crippen LogP contribution in [-0.4, -0.2) is 28.5 Å². The maximum absolute atomic E-state index is 12.5. The summed E-state index contributed by atoms with van der Waals surface area (Å²) in [6.45, 7) is 5.73. The molecule has 0 fully saturated rings. The first-order chi connectivity index (χ1) is 13.0. The lowest BCUT2D eigenvalue weighted by atomic mass is 10.1. The highest BCUT2D eigenvalue weighted by atomic mass is 32.2. The van der Waals surface area contributed by atoms with E-state index in [1.807, 2.05) is 56.3 Å². The molecule has 0 bridgehead atoms. The van der Waals surface area contributed by atoms with Gasteiger partial charge in [0.2, 0.25) is 11.8 Å². The number of ether oxygens (including phenoxy) is 1. The maximum Gasteiger partial charge on any atom is 0.277 e. The highest BCUT2D eigenvalue weighted by Crippen LogP contribution is 2.30. The Bertz CT molecular complexity index is 955. The fourth-order valence-electron chi connectivity index (χ4n) is 2.54. The van der Waals surface area contributed by atoms with E-state index in [1.165, 1.54) is 11.8 Å². The van der Waals surface area contributed by atoms with Crippen LogP contribution in [0.1, 0.15) is 18.1 Å². The van der Waals surface area contributed by atoms with Crippen molar-refractivity contribution in [1.29, 1.82) is 0 Å². The molecule has 1 N–H and O–H groups in total. The number of nitrogens with one attached hydrogen (secondary N) is 1. The lowest BCUT2D eigenvalue weighted by Crippen LogP contribution is -2.22. The van der Waals surface area contributed by atoms with Crippen LogP contribution in [0.5, 0.6) is 5.75 Å². The molecule has 1 heterocycles.